The highest BCUT2D eigenvalue weighted by molar-refractivity contribution is 5.71. The number of rotatable bonds is 69. The van der Waals surface area contributed by atoms with Crippen molar-refractivity contribution in [2.24, 2.45) is 0 Å². The molecule has 0 aromatic rings. The van der Waals surface area contributed by atoms with Crippen molar-refractivity contribution in [3.8, 4) is 0 Å². The molecule has 6 heteroatoms. The van der Waals surface area contributed by atoms with Crippen molar-refractivity contribution >= 4 is 17.9 Å². The molecule has 0 saturated heterocycles. The zero-order valence-corrected chi connectivity index (χ0v) is 55.1. The normalized spacial score (nSPS) is 12.1. The molecule has 6 nitrogen and oxygen atoms in total. The van der Waals surface area contributed by atoms with Gasteiger partial charge in [-0.1, -0.05) is 373 Å². The van der Waals surface area contributed by atoms with Crippen LogP contribution in [0.15, 0.2) is 24.3 Å². The summed E-state index contributed by atoms with van der Waals surface area (Å²) in [5, 5.41) is 0. The third-order valence-corrected chi connectivity index (χ3v) is 17.0. The molecule has 0 radical (unpaired) electrons. The molecule has 0 spiro atoms. The van der Waals surface area contributed by atoms with Crippen LogP contribution in [-0.2, 0) is 28.6 Å². The van der Waals surface area contributed by atoms with Crippen LogP contribution in [0, 0.1) is 0 Å². The Labute approximate surface area is 506 Å². The van der Waals surface area contributed by atoms with Crippen molar-refractivity contribution < 1.29 is 28.6 Å². The predicted molar refractivity (Wildman–Crippen MR) is 353 cm³/mol. The van der Waals surface area contributed by atoms with Crippen molar-refractivity contribution in [2.75, 3.05) is 13.2 Å². The van der Waals surface area contributed by atoms with Crippen LogP contribution >= 0.6 is 0 Å². The number of ether oxygens (including phenoxy) is 3. The van der Waals surface area contributed by atoms with Gasteiger partial charge in [0.1, 0.15) is 13.2 Å². The molecule has 0 aliphatic heterocycles. The molecule has 1 unspecified atom stereocenters. The van der Waals surface area contributed by atoms with Gasteiger partial charge in [0.05, 0.1) is 0 Å². The summed E-state index contributed by atoms with van der Waals surface area (Å²) >= 11 is 0. The molecule has 0 aromatic heterocycles. The first-order valence-corrected chi connectivity index (χ1v) is 36.8. The Bertz CT molecular complexity index is 1310. The number of hydrogen-bond donors (Lipinski definition) is 0. The average molecular weight is 1140 g/mol. The van der Waals surface area contributed by atoms with Crippen molar-refractivity contribution in [2.45, 2.75) is 425 Å². The van der Waals surface area contributed by atoms with E-state index in [0.29, 0.717) is 19.3 Å². The van der Waals surface area contributed by atoms with Crippen LogP contribution < -0.4 is 0 Å². The molecule has 0 aliphatic rings. The second-order valence-corrected chi connectivity index (χ2v) is 25.2. The first-order valence-electron chi connectivity index (χ1n) is 36.8. The molecule has 0 aliphatic carbocycles. The molecule has 81 heavy (non-hydrogen) atoms. The largest absolute Gasteiger partial charge is 0.462 e. The molecule has 0 aromatic carbocycles. The van der Waals surface area contributed by atoms with E-state index in [1.54, 1.807) is 0 Å². The van der Waals surface area contributed by atoms with E-state index in [-0.39, 0.29) is 31.1 Å². The summed E-state index contributed by atoms with van der Waals surface area (Å²) in [4.78, 5) is 38.5. The fourth-order valence-electron chi connectivity index (χ4n) is 11.4. The summed E-state index contributed by atoms with van der Waals surface area (Å²) in [7, 11) is 0. The van der Waals surface area contributed by atoms with Gasteiger partial charge in [0, 0.05) is 19.3 Å². The van der Waals surface area contributed by atoms with Gasteiger partial charge in [0.25, 0.3) is 0 Å². The van der Waals surface area contributed by atoms with E-state index in [0.717, 1.165) is 77.0 Å². The lowest BCUT2D eigenvalue weighted by Gasteiger charge is -2.18. The maximum absolute atomic E-state index is 13.0. The lowest BCUT2D eigenvalue weighted by molar-refractivity contribution is -0.167. The Morgan fingerprint density at radius 1 is 0.247 bits per heavy atom. The lowest BCUT2D eigenvalue weighted by atomic mass is 10.0. The second-order valence-electron chi connectivity index (χ2n) is 25.2. The smallest absolute Gasteiger partial charge is 0.306 e. The number of allylic oxidation sites excluding steroid dienone is 4. The minimum Gasteiger partial charge on any atom is -0.462 e. The Hall–Kier alpha value is -2.11. The molecule has 478 valence electrons. The number of unbranched alkanes of at least 4 members (excludes halogenated alkanes) is 54. The maximum atomic E-state index is 13.0. The summed E-state index contributed by atoms with van der Waals surface area (Å²) in [6.45, 7) is 6.70. The van der Waals surface area contributed by atoms with E-state index in [1.807, 2.05) is 0 Å². The Balaban J connectivity index is 4.23. The van der Waals surface area contributed by atoms with Crippen LogP contribution in [0.1, 0.15) is 419 Å². The minimum absolute atomic E-state index is 0.0691. The summed E-state index contributed by atoms with van der Waals surface area (Å²) in [5.41, 5.74) is 0. The fourth-order valence-corrected chi connectivity index (χ4v) is 11.4. The Morgan fingerprint density at radius 2 is 0.444 bits per heavy atom. The molecule has 0 rings (SSSR count). The number of carbonyl (C=O) groups excluding carboxylic acids is 3. The van der Waals surface area contributed by atoms with Gasteiger partial charge in [-0.3, -0.25) is 14.4 Å². The van der Waals surface area contributed by atoms with Crippen LogP contribution in [0.4, 0.5) is 0 Å². The van der Waals surface area contributed by atoms with Crippen LogP contribution in [0.5, 0.6) is 0 Å². The molecule has 0 saturated carbocycles. The molecular formula is C75H142O6. The first-order chi connectivity index (χ1) is 40.0. The topological polar surface area (TPSA) is 78.9 Å². The van der Waals surface area contributed by atoms with Gasteiger partial charge < -0.3 is 14.2 Å². The SMILES string of the molecule is CCCCC/C=C\C/C=C\CCCCCCCC(=O)OCC(COC(=O)CCCCCCCCCCCCCCCCCCCCCCCCCCCC)OC(=O)CCCCCCCCCCCCCCCCCCCCCCCC. The summed E-state index contributed by atoms with van der Waals surface area (Å²) in [6, 6.07) is 0. The number of carbonyl (C=O) groups is 3. The summed E-state index contributed by atoms with van der Waals surface area (Å²) in [5.74, 6) is -0.848. The monoisotopic (exact) mass is 1140 g/mol. The predicted octanol–water partition coefficient (Wildman–Crippen LogP) is 25.3. The Morgan fingerprint density at radius 3 is 0.704 bits per heavy atom. The van der Waals surface area contributed by atoms with Crippen molar-refractivity contribution in [3.63, 3.8) is 0 Å². The van der Waals surface area contributed by atoms with Gasteiger partial charge in [-0.05, 0) is 51.4 Å². The molecule has 0 bridgehead atoms. The zero-order valence-electron chi connectivity index (χ0n) is 55.1. The van der Waals surface area contributed by atoms with E-state index < -0.39 is 6.10 Å². The third-order valence-electron chi connectivity index (χ3n) is 17.0. The van der Waals surface area contributed by atoms with Crippen molar-refractivity contribution in [1.29, 1.82) is 0 Å². The standard InChI is InChI=1S/C75H142O6/c1-4-7-10-13-16-19-22-25-28-30-32-34-36-37-38-39-41-42-44-47-50-53-56-59-62-65-68-74(77)80-71-72(70-79-73(76)67-64-61-58-55-52-49-46-27-24-21-18-15-12-9-6-3)81-75(78)69-66-63-60-57-54-51-48-45-43-40-35-33-31-29-26-23-20-17-14-11-8-5-2/h18,21,27,46,72H,4-17,19-20,22-26,28-45,47-71H2,1-3H3/b21-18-,46-27-. The molecule has 1 atom stereocenters. The maximum Gasteiger partial charge on any atom is 0.306 e. The lowest BCUT2D eigenvalue weighted by Crippen LogP contribution is -2.30. The van der Waals surface area contributed by atoms with E-state index >= 15 is 0 Å². The minimum atomic E-state index is -0.774. The van der Waals surface area contributed by atoms with Gasteiger partial charge in [-0.2, -0.15) is 0 Å². The third kappa shape index (κ3) is 68.6. The van der Waals surface area contributed by atoms with Gasteiger partial charge in [-0.15, -0.1) is 0 Å². The Kier molecular flexibility index (Phi) is 68.5. The van der Waals surface area contributed by atoms with Gasteiger partial charge >= 0.3 is 17.9 Å². The highest BCUT2D eigenvalue weighted by Crippen LogP contribution is 2.19. The van der Waals surface area contributed by atoms with Crippen LogP contribution in [0.3, 0.4) is 0 Å². The van der Waals surface area contributed by atoms with Gasteiger partial charge in [-0.25, -0.2) is 0 Å². The number of esters is 3. The van der Waals surface area contributed by atoms with E-state index in [9.17, 15) is 14.4 Å². The quantitative estimate of drug-likeness (QED) is 0.0261. The molecule has 0 amide bonds. The molecule has 0 N–H and O–H groups in total. The van der Waals surface area contributed by atoms with Gasteiger partial charge in [0.2, 0.25) is 0 Å². The highest BCUT2D eigenvalue weighted by atomic mass is 16.6. The highest BCUT2D eigenvalue weighted by Gasteiger charge is 2.20. The van der Waals surface area contributed by atoms with Crippen molar-refractivity contribution in [1.82, 2.24) is 0 Å². The fraction of sp³-hybridized carbons (Fsp3) is 0.907. The molecule has 0 heterocycles. The van der Waals surface area contributed by atoms with E-state index in [2.05, 4.69) is 45.1 Å². The van der Waals surface area contributed by atoms with Crippen LogP contribution in [0.2, 0.25) is 0 Å². The average Bonchev–Trinajstić information content (AvgIpc) is 3.47. The van der Waals surface area contributed by atoms with Gasteiger partial charge in [0.15, 0.2) is 6.10 Å². The van der Waals surface area contributed by atoms with E-state index in [4.69, 9.17) is 14.2 Å². The number of hydrogen-bond acceptors (Lipinski definition) is 6. The molecule has 0 fully saturated rings. The van der Waals surface area contributed by atoms with Crippen LogP contribution in [0.25, 0.3) is 0 Å². The molecular weight excluding hydrogens is 997 g/mol. The second kappa shape index (κ2) is 70.4. The van der Waals surface area contributed by atoms with Crippen molar-refractivity contribution in [3.05, 3.63) is 24.3 Å². The summed E-state index contributed by atoms with van der Waals surface area (Å²) in [6.07, 6.45) is 86.5. The first kappa shape index (κ1) is 78.9. The zero-order chi connectivity index (χ0) is 58.5. The summed E-state index contributed by atoms with van der Waals surface area (Å²) < 4.78 is 17.0. The van der Waals surface area contributed by atoms with Crippen LogP contribution in [-0.4, -0.2) is 37.2 Å². The van der Waals surface area contributed by atoms with E-state index in [1.165, 1.54) is 302 Å².